The first-order valence-electron chi connectivity index (χ1n) is 6.53. The Bertz CT molecular complexity index is 402. The molecule has 1 rings (SSSR count). The molecular formula is C12H24N6O2. The highest BCUT2D eigenvalue weighted by Crippen LogP contribution is 2.11. The van der Waals surface area contributed by atoms with Crippen molar-refractivity contribution >= 4 is 17.8 Å². The van der Waals surface area contributed by atoms with Crippen LogP contribution in [0.25, 0.3) is 0 Å². The molecular weight excluding hydrogens is 260 g/mol. The summed E-state index contributed by atoms with van der Waals surface area (Å²) in [6.45, 7) is 3.81. The van der Waals surface area contributed by atoms with Crippen LogP contribution in [0.15, 0.2) is 0 Å². The average molecular weight is 284 g/mol. The highest BCUT2D eigenvalue weighted by molar-refractivity contribution is 5.42. The Balaban J connectivity index is 2.77. The third-order valence-corrected chi connectivity index (χ3v) is 2.53. The topological polar surface area (TPSA) is 84.4 Å². The summed E-state index contributed by atoms with van der Waals surface area (Å²) in [6.07, 6.45) is -0.0536. The molecule has 0 fully saturated rings. The van der Waals surface area contributed by atoms with Gasteiger partial charge in [-0.2, -0.15) is 15.0 Å². The lowest BCUT2D eigenvalue weighted by molar-refractivity contribution is 0.0365. The summed E-state index contributed by atoms with van der Waals surface area (Å²) in [6, 6.07) is 0. The van der Waals surface area contributed by atoms with Crippen molar-refractivity contribution in [2.75, 3.05) is 63.5 Å². The van der Waals surface area contributed by atoms with E-state index < -0.39 is 0 Å². The first kappa shape index (κ1) is 16.4. The largest absolute Gasteiger partial charge is 0.382 e. The van der Waals surface area contributed by atoms with E-state index in [9.17, 15) is 0 Å². The SMILES string of the molecule is CCNc1nc(NCC(COC)OC)nc(N(C)C)n1. The fraction of sp³-hybridized carbons (Fsp3) is 0.750. The van der Waals surface area contributed by atoms with Gasteiger partial charge in [0.1, 0.15) is 0 Å². The molecule has 0 bridgehead atoms. The Morgan fingerprint density at radius 3 is 2.25 bits per heavy atom. The van der Waals surface area contributed by atoms with Crippen LogP contribution in [0.5, 0.6) is 0 Å². The van der Waals surface area contributed by atoms with Crippen LogP contribution in [0, 0.1) is 0 Å². The lowest BCUT2D eigenvalue weighted by Crippen LogP contribution is -2.27. The third kappa shape index (κ3) is 5.14. The lowest BCUT2D eigenvalue weighted by Gasteiger charge is -2.17. The van der Waals surface area contributed by atoms with Gasteiger partial charge in [0.25, 0.3) is 0 Å². The summed E-state index contributed by atoms with van der Waals surface area (Å²) in [5, 5.41) is 6.23. The molecule has 8 heteroatoms. The van der Waals surface area contributed by atoms with Gasteiger partial charge in [-0.3, -0.25) is 0 Å². The number of ether oxygens (including phenoxy) is 2. The van der Waals surface area contributed by atoms with Gasteiger partial charge >= 0.3 is 0 Å². The van der Waals surface area contributed by atoms with E-state index in [0.29, 0.717) is 31.0 Å². The van der Waals surface area contributed by atoms with E-state index in [1.807, 2.05) is 25.9 Å². The molecule has 114 valence electrons. The van der Waals surface area contributed by atoms with Crippen LogP contribution < -0.4 is 15.5 Å². The number of anilines is 3. The molecule has 1 atom stereocenters. The van der Waals surface area contributed by atoms with E-state index in [4.69, 9.17) is 9.47 Å². The second-order valence-corrected chi connectivity index (χ2v) is 4.40. The lowest BCUT2D eigenvalue weighted by atomic mass is 10.4. The maximum Gasteiger partial charge on any atom is 0.231 e. The van der Waals surface area contributed by atoms with Gasteiger partial charge in [-0.1, -0.05) is 0 Å². The smallest absolute Gasteiger partial charge is 0.231 e. The maximum atomic E-state index is 5.28. The zero-order valence-corrected chi connectivity index (χ0v) is 12.8. The summed E-state index contributed by atoms with van der Waals surface area (Å²) < 4.78 is 10.4. The van der Waals surface area contributed by atoms with Crippen molar-refractivity contribution in [2.45, 2.75) is 13.0 Å². The van der Waals surface area contributed by atoms with E-state index in [1.165, 1.54) is 0 Å². The first-order valence-corrected chi connectivity index (χ1v) is 6.53. The Labute approximate surface area is 119 Å². The molecule has 0 aliphatic carbocycles. The highest BCUT2D eigenvalue weighted by Gasteiger charge is 2.10. The zero-order valence-electron chi connectivity index (χ0n) is 12.8. The summed E-state index contributed by atoms with van der Waals surface area (Å²) in [5.74, 6) is 1.66. The predicted molar refractivity (Wildman–Crippen MR) is 79.5 cm³/mol. The molecule has 1 heterocycles. The quantitative estimate of drug-likeness (QED) is 0.676. The number of nitrogens with zero attached hydrogens (tertiary/aromatic N) is 4. The van der Waals surface area contributed by atoms with Crippen molar-refractivity contribution in [1.82, 2.24) is 15.0 Å². The van der Waals surface area contributed by atoms with E-state index in [0.717, 1.165) is 6.54 Å². The minimum absolute atomic E-state index is 0.0536. The van der Waals surface area contributed by atoms with Gasteiger partial charge in [-0.05, 0) is 6.92 Å². The number of hydrogen-bond donors (Lipinski definition) is 2. The molecule has 0 spiro atoms. The van der Waals surface area contributed by atoms with Crippen LogP contribution in [0.4, 0.5) is 17.8 Å². The van der Waals surface area contributed by atoms with E-state index in [2.05, 4.69) is 25.6 Å². The zero-order chi connectivity index (χ0) is 15.0. The van der Waals surface area contributed by atoms with Crippen molar-refractivity contribution in [1.29, 1.82) is 0 Å². The first-order chi connectivity index (χ1) is 9.60. The van der Waals surface area contributed by atoms with E-state index in [-0.39, 0.29) is 6.10 Å². The van der Waals surface area contributed by atoms with Crippen molar-refractivity contribution in [2.24, 2.45) is 0 Å². The number of aromatic nitrogens is 3. The molecule has 0 saturated heterocycles. The predicted octanol–water partition coefficient (Wildman–Crippen LogP) is 0.443. The molecule has 0 saturated carbocycles. The normalized spacial score (nSPS) is 12.1. The van der Waals surface area contributed by atoms with E-state index in [1.54, 1.807) is 14.2 Å². The van der Waals surface area contributed by atoms with Crippen molar-refractivity contribution < 1.29 is 9.47 Å². The molecule has 0 aromatic carbocycles. The van der Waals surface area contributed by atoms with Crippen molar-refractivity contribution in [3.63, 3.8) is 0 Å². The average Bonchev–Trinajstić information content (AvgIpc) is 2.43. The van der Waals surface area contributed by atoms with Gasteiger partial charge in [-0.15, -0.1) is 0 Å². The molecule has 1 aromatic rings. The van der Waals surface area contributed by atoms with Gasteiger partial charge in [-0.25, -0.2) is 0 Å². The van der Waals surface area contributed by atoms with Crippen molar-refractivity contribution in [3.8, 4) is 0 Å². The molecule has 20 heavy (non-hydrogen) atoms. The second kappa shape index (κ2) is 8.49. The summed E-state index contributed by atoms with van der Waals surface area (Å²) in [5.41, 5.74) is 0. The number of hydrogen-bond acceptors (Lipinski definition) is 8. The van der Waals surface area contributed by atoms with Crippen LogP contribution in [-0.2, 0) is 9.47 Å². The number of rotatable bonds is 9. The van der Waals surface area contributed by atoms with Crippen molar-refractivity contribution in [3.05, 3.63) is 0 Å². The Kier molecular flexibility index (Phi) is 6.96. The Morgan fingerprint density at radius 2 is 1.75 bits per heavy atom. The second-order valence-electron chi connectivity index (χ2n) is 4.40. The molecule has 1 unspecified atom stereocenters. The van der Waals surface area contributed by atoms with Crippen LogP contribution in [-0.4, -0.2) is 69.1 Å². The molecule has 2 N–H and O–H groups in total. The fourth-order valence-electron chi connectivity index (χ4n) is 1.48. The molecule has 0 aliphatic heterocycles. The summed E-state index contributed by atoms with van der Waals surface area (Å²) in [4.78, 5) is 14.8. The fourth-order valence-corrected chi connectivity index (χ4v) is 1.48. The van der Waals surface area contributed by atoms with Gasteiger partial charge in [0.15, 0.2) is 0 Å². The third-order valence-electron chi connectivity index (χ3n) is 2.53. The summed E-state index contributed by atoms with van der Waals surface area (Å²) in [7, 11) is 7.06. The molecule has 0 amide bonds. The number of nitrogens with one attached hydrogen (secondary N) is 2. The van der Waals surface area contributed by atoms with Gasteiger partial charge in [0.05, 0.1) is 12.7 Å². The van der Waals surface area contributed by atoms with Gasteiger partial charge in [0.2, 0.25) is 17.8 Å². The molecule has 8 nitrogen and oxygen atoms in total. The molecule has 0 aliphatic rings. The van der Waals surface area contributed by atoms with Crippen LogP contribution >= 0.6 is 0 Å². The van der Waals surface area contributed by atoms with Crippen LogP contribution in [0.2, 0.25) is 0 Å². The van der Waals surface area contributed by atoms with Crippen LogP contribution in [0.3, 0.4) is 0 Å². The maximum absolute atomic E-state index is 5.28. The molecule has 1 aromatic heterocycles. The monoisotopic (exact) mass is 284 g/mol. The van der Waals surface area contributed by atoms with E-state index >= 15 is 0 Å². The Morgan fingerprint density at radius 1 is 1.10 bits per heavy atom. The highest BCUT2D eigenvalue weighted by atomic mass is 16.5. The molecule has 0 radical (unpaired) electrons. The van der Waals surface area contributed by atoms with Gasteiger partial charge in [0, 0.05) is 41.4 Å². The Hall–Kier alpha value is -1.67. The minimum Gasteiger partial charge on any atom is -0.382 e. The standard InChI is InChI=1S/C12H24N6O2/c1-6-13-10-15-11(17-12(16-10)18(2)3)14-7-9(20-5)8-19-4/h9H,6-8H2,1-5H3,(H2,13,14,15,16,17). The minimum atomic E-state index is -0.0536. The summed E-state index contributed by atoms with van der Waals surface area (Å²) >= 11 is 0. The number of methoxy groups -OCH3 is 2. The van der Waals surface area contributed by atoms with Crippen LogP contribution in [0.1, 0.15) is 6.92 Å². The van der Waals surface area contributed by atoms with Gasteiger partial charge < -0.3 is 25.0 Å².